The van der Waals surface area contributed by atoms with Crippen LogP contribution in [0.25, 0.3) is 0 Å². The maximum atomic E-state index is 9.29. The predicted octanol–water partition coefficient (Wildman–Crippen LogP) is 3.89. The molecule has 3 heteroatoms. The summed E-state index contributed by atoms with van der Waals surface area (Å²) in [4.78, 5) is 0. The van der Waals surface area contributed by atoms with Crippen LogP contribution in [-0.2, 0) is 4.74 Å². The molecule has 1 N–H and O–H groups in total. The largest absolute Gasteiger partial charge is 0.378 e. The van der Waals surface area contributed by atoms with E-state index in [1.165, 1.54) is 19.3 Å². The quantitative estimate of drug-likeness (QED) is 0.720. The average Bonchev–Trinajstić information content (AvgIpc) is 2.38. The third-order valence-corrected chi connectivity index (χ3v) is 4.58. The lowest BCUT2D eigenvalue weighted by atomic mass is 9.80. The second-order valence-electron chi connectivity index (χ2n) is 7.11. The monoisotopic (exact) mass is 280 g/mol. The number of nitrogens with one attached hydrogen (secondary N) is 1. The molecule has 0 amide bonds. The van der Waals surface area contributed by atoms with Crippen LogP contribution in [0.2, 0.25) is 0 Å². The maximum absolute atomic E-state index is 9.29. The first kappa shape index (κ1) is 17.5. The molecule has 4 unspecified atom stereocenters. The van der Waals surface area contributed by atoms with E-state index < -0.39 is 5.54 Å². The van der Waals surface area contributed by atoms with Crippen LogP contribution in [0.1, 0.15) is 66.7 Å². The van der Waals surface area contributed by atoms with Gasteiger partial charge in [-0.05, 0) is 64.7 Å². The van der Waals surface area contributed by atoms with E-state index in [2.05, 4.69) is 39.1 Å². The van der Waals surface area contributed by atoms with Crippen molar-refractivity contribution in [2.75, 3.05) is 6.61 Å². The van der Waals surface area contributed by atoms with Crippen LogP contribution >= 0.6 is 0 Å². The molecule has 0 aromatic heterocycles. The van der Waals surface area contributed by atoms with Crippen LogP contribution in [0.3, 0.4) is 0 Å². The summed E-state index contributed by atoms with van der Waals surface area (Å²) < 4.78 is 6.01. The summed E-state index contributed by atoms with van der Waals surface area (Å²) in [6.07, 6.45) is 5.92. The van der Waals surface area contributed by atoms with Crippen LogP contribution in [0.15, 0.2) is 0 Å². The smallest absolute Gasteiger partial charge is 0.104 e. The first-order valence-electron chi connectivity index (χ1n) is 8.17. The van der Waals surface area contributed by atoms with Gasteiger partial charge in [0, 0.05) is 12.6 Å². The van der Waals surface area contributed by atoms with Crippen molar-refractivity contribution >= 4 is 0 Å². The highest BCUT2D eigenvalue weighted by Gasteiger charge is 2.26. The number of hydrogen-bond donors (Lipinski definition) is 1. The van der Waals surface area contributed by atoms with Gasteiger partial charge >= 0.3 is 0 Å². The Labute approximate surface area is 125 Å². The Hall–Kier alpha value is -0.590. The third-order valence-electron chi connectivity index (χ3n) is 4.58. The molecule has 1 aliphatic rings. The van der Waals surface area contributed by atoms with Gasteiger partial charge in [0.15, 0.2) is 0 Å². The molecule has 0 bridgehead atoms. The molecule has 0 radical (unpaired) electrons. The van der Waals surface area contributed by atoms with Gasteiger partial charge in [0.25, 0.3) is 0 Å². The van der Waals surface area contributed by atoms with Crippen molar-refractivity contribution in [2.45, 2.75) is 84.4 Å². The number of rotatable bonds is 7. The zero-order chi connectivity index (χ0) is 15.2. The molecule has 20 heavy (non-hydrogen) atoms. The van der Waals surface area contributed by atoms with Gasteiger partial charge in [-0.25, -0.2) is 0 Å². The van der Waals surface area contributed by atoms with E-state index in [9.17, 15) is 5.26 Å². The van der Waals surface area contributed by atoms with Crippen molar-refractivity contribution in [1.29, 1.82) is 5.26 Å². The third kappa shape index (κ3) is 5.81. The minimum absolute atomic E-state index is 0.334. The molecule has 1 rings (SSSR count). The number of ether oxygens (including phenoxy) is 1. The van der Waals surface area contributed by atoms with Gasteiger partial charge in [-0.1, -0.05) is 13.8 Å². The molecule has 0 heterocycles. The highest BCUT2D eigenvalue weighted by molar-refractivity contribution is 5.04. The topological polar surface area (TPSA) is 45.0 Å². The van der Waals surface area contributed by atoms with Gasteiger partial charge in [-0.15, -0.1) is 0 Å². The summed E-state index contributed by atoms with van der Waals surface area (Å²) in [5, 5.41) is 12.6. The van der Waals surface area contributed by atoms with Gasteiger partial charge in [0.1, 0.15) is 5.54 Å². The van der Waals surface area contributed by atoms with Gasteiger partial charge in [-0.3, -0.25) is 5.32 Å². The van der Waals surface area contributed by atoms with Crippen LogP contribution in [0.5, 0.6) is 0 Å². The predicted molar refractivity (Wildman–Crippen MR) is 83.4 cm³/mol. The molecule has 3 nitrogen and oxygen atoms in total. The molecule has 1 saturated carbocycles. The summed E-state index contributed by atoms with van der Waals surface area (Å²) in [5.74, 6) is 1.62. The molecule has 116 valence electrons. The zero-order valence-electron chi connectivity index (χ0n) is 13.9. The van der Waals surface area contributed by atoms with Crippen molar-refractivity contribution < 1.29 is 4.74 Å². The molecular weight excluding hydrogens is 248 g/mol. The van der Waals surface area contributed by atoms with E-state index in [-0.39, 0.29) is 0 Å². The van der Waals surface area contributed by atoms with Crippen molar-refractivity contribution in [3.8, 4) is 6.07 Å². The van der Waals surface area contributed by atoms with Gasteiger partial charge < -0.3 is 4.74 Å². The van der Waals surface area contributed by atoms with Crippen molar-refractivity contribution in [2.24, 2.45) is 11.8 Å². The van der Waals surface area contributed by atoms with Crippen molar-refractivity contribution in [3.05, 3.63) is 0 Å². The lowest BCUT2D eigenvalue weighted by Gasteiger charge is -2.32. The molecule has 0 aromatic rings. The Morgan fingerprint density at radius 2 is 2.00 bits per heavy atom. The molecule has 0 spiro atoms. The van der Waals surface area contributed by atoms with Gasteiger partial charge in [0.05, 0.1) is 12.2 Å². The van der Waals surface area contributed by atoms with Crippen LogP contribution in [0, 0.1) is 23.2 Å². The lowest BCUT2D eigenvalue weighted by molar-refractivity contribution is -0.000175. The number of hydrogen-bond acceptors (Lipinski definition) is 3. The summed E-state index contributed by atoms with van der Waals surface area (Å²) in [5.41, 5.74) is -0.425. The van der Waals surface area contributed by atoms with Gasteiger partial charge in [-0.2, -0.15) is 5.26 Å². The van der Waals surface area contributed by atoms with Crippen molar-refractivity contribution in [3.63, 3.8) is 0 Å². The summed E-state index contributed by atoms with van der Waals surface area (Å²) in [6, 6.07) is 2.73. The molecule has 0 aromatic carbocycles. The Kier molecular flexibility index (Phi) is 6.99. The van der Waals surface area contributed by atoms with E-state index in [1.54, 1.807) is 0 Å². The molecule has 0 saturated heterocycles. The second kappa shape index (κ2) is 8.00. The lowest BCUT2D eigenvalue weighted by Crippen LogP contribution is -2.45. The van der Waals surface area contributed by atoms with E-state index >= 15 is 0 Å². The number of nitriles is 1. The fourth-order valence-corrected chi connectivity index (χ4v) is 3.12. The van der Waals surface area contributed by atoms with Crippen molar-refractivity contribution in [1.82, 2.24) is 5.32 Å². The SMILES string of the molecule is CC(C)NC(C)(C#N)CCCOC1CCC(C)C(C)C1. The first-order valence-corrected chi connectivity index (χ1v) is 8.17. The maximum Gasteiger partial charge on any atom is 0.104 e. The first-order chi connectivity index (χ1) is 9.36. The Morgan fingerprint density at radius 3 is 2.55 bits per heavy atom. The highest BCUT2D eigenvalue weighted by atomic mass is 16.5. The highest BCUT2D eigenvalue weighted by Crippen LogP contribution is 2.31. The normalized spacial score (nSPS) is 29.9. The summed E-state index contributed by atoms with van der Waals surface area (Å²) in [6.45, 7) is 11.6. The average molecular weight is 280 g/mol. The van der Waals surface area contributed by atoms with Crippen LogP contribution < -0.4 is 5.32 Å². The standard InChI is InChI=1S/C17H32N2O/c1-13(2)19-17(5,12-18)9-6-10-20-16-8-7-14(3)15(4)11-16/h13-16,19H,6-11H2,1-5H3. The molecule has 0 aliphatic heterocycles. The minimum atomic E-state index is -0.425. The second-order valence-corrected chi connectivity index (χ2v) is 7.11. The van der Waals surface area contributed by atoms with E-state index in [0.717, 1.165) is 31.3 Å². The fraction of sp³-hybridized carbons (Fsp3) is 0.941. The van der Waals surface area contributed by atoms with E-state index in [1.807, 2.05) is 6.92 Å². The van der Waals surface area contributed by atoms with Gasteiger partial charge in [0.2, 0.25) is 0 Å². The van der Waals surface area contributed by atoms with Crippen LogP contribution in [-0.4, -0.2) is 24.3 Å². The zero-order valence-corrected chi connectivity index (χ0v) is 13.9. The number of nitrogens with zero attached hydrogens (tertiary/aromatic N) is 1. The molecule has 1 fully saturated rings. The van der Waals surface area contributed by atoms with Crippen LogP contribution in [0.4, 0.5) is 0 Å². The van der Waals surface area contributed by atoms with E-state index in [4.69, 9.17) is 4.74 Å². The summed E-state index contributed by atoms with van der Waals surface area (Å²) in [7, 11) is 0. The Bertz CT molecular complexity index is 323. The minimum Gasteiger partial charge on any atom is -0.378 e. The molecular formula is C17H32N2O. The Morgan fingerprint density at radius 1 is 1.30 bits per heavy atom. The molecule has 4 atom stereocenters. The Balaban J connectivity index is 2.23. The fourth-order valence-electron chi connectivity index (χ4n) is 3.12. The molecule has 1 aliphatic carbocycles. The van der Waals surface area contributed by atoms with E-state index in [0.29, 0.717) is 12.1 Å². The summed E-state index contributed by atoms with van der Waals surface area (Å²) >= 11 is 0.